The maximum atomic E-state index is 12.4. The molecule has 138 valence electrons. The fourth-order valence-electron chi connectivity index (χ4n) is 2.77. The van der Waals surface area contributed by atoms with Gasteiger partial charge in [0.15, 0.2) is 0 Å². The van der Waals surface area contributed by atoms with E-state index in [0.29, 0.717) is 12.1 Å². The van der Waals surface area contributed by atoms with Crippen molar-refractivity contribution in [1.29, 1.82) is 0 Å². The Hall–Kier alpha value is -2.85. The maximum Gasteiger partial charge on any atom is 0.253 e. The van der Waals surface area contributed by atoms with Crippen LogP contribution < -0.4 is 10.6 Å². The Morgan fingerprint density at radius 1 is 1.04 bits per heavy atom. The van der Waals surface area contributed by atoms with E-state index in [1.165, 1.54) is 11.1 Å². The van der Waals surface area contributed by atoms with Gasteiger partial charge in [0.1, 0.15) is 0 Å². The molecule has 0 unspecified atom stereocenters. The summed E-state index contributed by atoms with van der Waals surface area (Å²) < 4.78 is 0. The van der Waals surface area contributed by atoms with Crippen molar-refractivity contribution in [1.82, 2.24) is 10.3 Å². The molecule has 0 fully saturated rings. The highest BCUT2D eigenvalue weighted by atomic mass is 35.5. The molecule has 0 spiro atoms. The average molecular weight is 380 g/mol. The van der Waals surface area contributed by atoms with Gasteiger partial charge in [-0.05, 0) is 42.7 Å². The number of aryl methyl sites for hydroxylation is 1. The minimum Gasteiger partial charge on any atom is -0.383 e. The second-order valence-electron chi connectivity index (χ2n) is 6.44. The van der Waals surface area contributed by atoms with E-state index in [1.807, 2.05) is 55.5 Å². The summed E-state index contributed by atoms with van der Waals surface area (Å²) in [5, 5.41) is 6.98. The third-order valence-corrected chi connectivity index (χ3v) is 4.44. The largest absolute Gasteiger partial charge is 0.383 e. The molecule has 0 radical (unpaired) electrons. The predicted octanol–water partition coefficient (Wildman–Crippen LogP) is 4.63. The molecule has 1 aromatic heterocycles. The Labute approximate surface area is 164 Å². The summed E-state index contributed by atoms with van der Waals surface area (Å²) in [6, 6.07) is 17.7. The van der Waals surface area contributed by atoms with Gasteiger partial charge in [-0.25, -0.2) is 0 Å². The summed E-state index contributed by atoms with van der Waals surface area (Å²) in [7, 11) is 0. The molecule has 0 saturated heterocycles. The molecular formula is C22H22ClN3O. The molecule has 1 heterocycles. The molecular weight excluding hydrogens is 358 g/mol. The minimum absolute atomic E-state index is 0.134. The molecule has 0 saturated carbocycles. The van der Waals surface area contributed by atoms with Gasteiger partial charge < -0.3 is 10.6 Å². The smallest absolute Gasteiger partial charge is 0.253 e. The molecule has 3 rings (SSSR count). The molecule has 2 aromatic carbocycles. The van der Waals surface area contributed by atoms with Gasteiger partial charge in [-0.1, -0.05) is 53.6 Å². The van der Waals surface area contributed by atoms with Crippen molar-refractivity contribution in [3.05, 3.63) is 94.3 Å². The van der Waals surface area contributed by atoms with Crippen molar-refractivity contribution in [3.63, 3.8) is 0 Å². The second kappa shape index (κ2) is 9.19. The van der Waals surface area contributed by atoms with Gasteiger partial charge in [0.25, 0.3) is 5.91 Å². The molecule has 3 aromatic rings. The molecule has 0 aliphatic carbocycles. The highest BCUT2D eigenvalue weighted by molar-refractivity contribution is 6.30. The first-order chi connectivity index (χ1) is 13.1. The van der Waals surface area contributed by atoms with Crippen LogP contribution >= 0.6 is 11.6 Å². The van der Waals surface area contributed by atoms with Crippen LogP contribution in [0.25, 0.3) is 0 Å². The maximum absolute atomic E-state index is 12.4. The number of halogens is 1. The number of nitrogens with zero attached hydrogens (tertiary/aromatic N) is 1. The van der Waals surface area contributed by atoms with E-state index in [4.69, 9.17) is 11.6 Å². The third kappa shape index (κ3) is 5.83. The first kappa shape index (κ1) is 18.9. The van der Waals surface area contributed by atoms with Crippen LogP contribution in [0.5, 0.6) is 0 Å². The van der Waals surface area contributed by atoms with Gasteiger partial charge in [-0.3, -0.25) is 9.78 Å². The first-order valence-corrected chi connectivity index (χ1v) is 9.25. The number of hydrogen-bond acceptors (Lipinski definition) is 3. The molecule has 0 atom stereocenters. The topological polar surface area (TPSA) is 54.0 Å². The van der Waals surface area contributed by atoms with Crippen LogP contribution in [0.3, 0.4) is 0 Å². The molecule has 4 nitrogen and oxygen atoms in total. The number of pyridine rings is 1. The number of nitrogens with one attached hydrogen (secondary N) is 2. The lowest BCUT2D eigenvalue weighted by molar-refractivity contribution is 0.0950. The fraction of sp³-hybridized carbons (Fsp3) is 0.182. The number of benzene rings is 2. The lowest BCUT2D eigenvalue weighted by atomic mass is 10.1. The van der Waals surface area contributed by atoms with Crippen molar-refractivity contribution in [2.24, 2.45) is 0 Å². The SMILES string of the molecule is Cc1cccc(CNC(=O)c2cncc(NCCc3ccc(Cl)cc3)c2)c1. The van der Waals surface area contributed by atoms with Crippen LogP contribution in [0.2, 0.25) is 5.02 Å². The highest BCUT2D eigenvalue weighted by Crippen LogP contribution is 2.12. The van der Waals surface area contributed by atoms with Gasteiger partial charge in [0.05, 0.1) is 11.3 Å². The van der Waals surface area contributed by atoms with Gasteiger partial charge in [0.2, 0.25) is 0 Å². The Balaban J connectivity index is 1.53. The number of carbonyl (C=O) groups excluding carboxylic acids is 1. The standard InChI is InChI=1S/C22H22ClN3O/c1-16-3-2-4-18(11-16)13-26-22(27)19-12-21(15-24-14-19)25-10-9-17-5-7-20(23)8-6-17/h2-8,11-12,14-15,25H,9-10,13H2,1H3,(H,26,27). The van der Waals surface area contributed by atoms with E-state index in [-0.39, 0.29) is 5.91 Å². The third-order valence-electron chi connectivity index (χ3n) is 4.19. The van der Waals surface area contributed by atoms with Crippen LogP contribution in [0, 0.1) is 6.92 Å². The summed E-state index contributed by atoms with van der Waals surface area (Å²) in [6.07, 6.45) is 4.16. The zero-order valence-electron chi connectivity index (χ0n) is 15.2. The van der Waals surface area contributed by atoms with Crippen molar-refractivity contribution < 1.29 is 4.79 Å². The Kier molecular flexibility index (Phi) is 6.44. The fourth-order valence-corrected chi connectivity index (χ4v) is 2.90. The molecule has 0 aliphatic heterocycles. The van der Waals surface area contributed by atoms with Crippen LogP contribution in [-0.2, 0) is 13.0 Å². The van der Waals surface area contributed by atoms with E-state index in [2.05, 4.69) is 21.7 Å². The molecule has 1 amide bonds. The lowest BCUT2D eigenvalue weighted by Gasteiger charge is -2.09. The molecule has 2 N–H and O–H groups in total. The van der Waals surface area contributed by atoms with Gasteiger partial charge in [0, 0.05) is 30.5 Å². The Morgan fingerprint density at radius 2 is 1.85 bits per heavy atom. The lowest BCUT2D eigenvalue weighted by Crippen LogP contribution is -2.23. The number of hydrogen-bond donors (Lipinski definition) is 2. The second-order valence-corrected chi connectivity index (χ2v) is 6.87. The van der Waals surface area contributed by atoms with E-state index in [9.17, 15) is 4.79 Å². The van der Waals surface area contributed by atoms with Crippen molar-refractivity contribution in [2.75, 3.05) is 11.9 Å². The van der Waals surface area contributed by atoms with Crippen LogP contribution in [-0.4, -0.2) is 17.4 Å². The van der Waals surface area contributed by atoms with Crippen molar-refractivity contribution >= 4 is 23.2 Å². The van der Waals surface area contributed by atoms with Gasteiger partial charge in [-0.2, -0.15) is 0 Å². The quantitative estimate of drug-likeness (QED) is 0.629. The zero-order chi connectivity index (χ0) is 19.1. The number of anilines is 1. The zero-order valence-corrected chi connectivity index (χ0v) is 16.0. The summed E-state index contributed by atoms with van der Waals surface area (Å²) in [6.45, 7) is 3.28. The molecule has 27 heavy (non-hydrogen) atoms. The molecule has 0 bridgehead atoms. The van der Waals surface area contributed by atoms with Crippen LogP contribution in [0.15, 0.2) is 67.0 Å². The monoisotopic (exact) mass is 379 g/mol. The molecule has 5 heteroatoms. The highest BCUT2D eigenvalue weighted by Gasteiger charge is 2.07. The summed E-state index contributed by atoms with van der Waals surface area (Å²) in [5.74, 6) is -0.134. The predicted molar refractivity (Wildman–Crippen MR) is 110 cm³/mol. The van der Waals surface area contributed by atoms with E-state index >= 15 is 0 Å². The number of aromatic nitrogens is 1. The normalized spacial score (nSPS) is 10.4. The van der Waals surface area contributed by atoms with E-state index in [1.54, 1.807) is 12.4 Å². The first-order valence-electron chi connectivity index (χ1n) is 8.87. The van der Waals surface area contributed by atoms with Gasteiger partial charge >= 0.3 is 0 Å². The van der Waals surface area contributed by atoms with Crippen molar-refractivity contribution in [2.45, 2.75) is 19.9 Å². The van der Waals surface area contributed by atoms with E-state index in [0.717, 1.165) is 29.2 Å². The number of amides is 1. The number of rotatable bonds is 7. The Morgan fingerprint density at radius 3 is 2.63 bits per heavy atom. The summed E-state index contributed by atoms with van der Waals surface area (Å²) in [5.41, 5.74) is 4.82. The molecule has 0 aliphatic rings. The number of carbonyl (C=O) groups is 1. The van der Waals surface area contributed by atoms with Crippen LogP contribution in [0.4, 0.5) is 5.69 Å². The Bertz CT molecular complexity index is 909. The van der Waals surface area contributed by atoms with Crippen LogP contribution in [0.1, 0.15) is 27.0 Å². The summed E-state index contributed by atoms with van der Waals surface area (Å²) >= 11 is 5.90. The minimum atomic E-state index is -0.134. The van der Waals surface area contributed by atoms with Gasteiger partial charge in [-0.15, -0.1) is 0 Å². The average Bonchev–Trinajstić information content (AvgIpc) is 2.68. The van der Waals surface area contributed by atoms with E-state index < -0.39 is 0 Å². The van der Waals surface area contributed by atoms with Crippen molar-refractivity contribution in [3.8, 4) is 0 Å². The summed E-state index contributed by atoms with van der Waals surface area (Å²) in [4.78, 5) is 16.6.